The molecule has 4 rings (SSSR count). The van der Waals surface area contributed by atoms with Gasteiger partial charge in [0.05, 0.1) is 30.6 Å². The Morgan fingerprint density at radius 2 is 2.04 bits per heavy atom. The Hall–Kier alpha value is -2.71. The number of benzene rings is 1. The molecule has 3 heterocycles. The van der Waals surface area contributed by atoms with E-state index in [0.717, 1.165) is 0 Å². The quantitative estimate of drug-likeness (QED) is 0.743. The fourth-order valence-corrected chi connectivity index (χ4v) is 3.06. The number of anilines is 2. The van der Waals surface area contributed by atoms with Crippen molar-refractivity contribution in [3.8, 4) is 0 Å². The van der Waals surface area contributed by atoms with Crippen molar-refractivity contribution in [2.45, 2.75) is 0 Å². The van der Waals surface area contributed by atoms with Gasteiger partial charge in [-0.15, -0.1) is 12.4 Å². The van der Waals surface area contributed by atoms with Gasteiger partial charge in [-0.05, 0) is 18.2 Å². The van der Waals surface area contributed by atoms with Crippen LogP contribution in [0.4, 0.5) is 15.9 Å². The molecule has 0 atom stereocenters. The van der Waals surface area contributed by atoms with E-state index in [0.29, 0.717) is 54.4 Å². The summed E-state index contributed by atoms with van der Waals surface area (Å²) in [5, 5.41) is 3.07. The van der Waals surface area contributed by atoms with Crippen LogP contribution in [0.5, 0.6) is 0 Å². The smallest absolute Gasteiger partial charge is 0.257 e. The molecule has 1 aliphatic heterocycles. The predicted molar refractivity (Wildman–Crippen MR) is 102 cm³/mol. The molecule has 0 radical (unpaired) electrons. The Bertz CT molecular complexity index is 972. The highest BCUT2D eigenvalue weighted by Gasteiger charge is 2.23. The number of hydrogen-bond acceptors (Lipinski definition) is 5. The van der Waals surface area contributed by atoms with Crippen LogP contribution in [-0.4, -0.2) is 51.6 Å². The minimum atomic E-state index is -0.341. The van der Waals surface area contributed by atoms with Crippen LogP contribution in [0.1, 0.15) is 10.4 Å². The third-order valence-electron chi connectivity index (χ3n) is 4.36. The van der Waals surface area contributed by atoms with E-state index in [2.05, 4.69) is 15.3 Å². The Balaban J connectivity index is 0.00000210. The van der Waals surface area contributed by atoms with Gasteiger partial charge in [-0.2, -0.15) is 0 Å². The van der Waals surface area contributed by atoms with Crippen molar-refractivity contribution in [1.82, 2.24) is 19.4 Å². The Labute approximate surface area is 161 Å². The molecule has 0 spiro atoms. The van der Waals surface area contributed by atoms with Gasteiger partial charge in [0.1, 0.15) is 11.3 Å². The highest BCUT2D eigenvalue weighted by atomic mass is 35.5. The second kappa shape index (κ2) is 7.89. The lowest BCUT2D eigenvalue weighted by Crippen LogP contribution is -2.40. The molecule has 1 aliphatic rings. The van der Waals surface area contributed by atoms with Gasteiger partial charge < -0.3 is 19.5 Å². The van der Waals surface area contributed by atoms with Crippen molar-refractivity contribution in [3.05, 3.63) is 48.2 Å². The molecular formula is C18H19ClFN5O2. The molecule has 142 valence electrons. The summed E-state index contributed by atoms with van der Waals surface area (Å²) >= 11 is 0. The Morgan fingerprint density at radius 3 is 2.78 bits per heavy atom. The summed E-state index contributed by atoms with van der Waals surface area (Å²) in [6, 6.07) is 6.11. The number of amides is 1. The number of nitrogens with zero attached hydrogens (tertiary/aromatic N) is 4. The summed E-state index contributed by atoms with van der Waals surface area (Å²) in [4.78, 5) is 23.4. The maximum atomic E-state index is 13.4. The summed E-state index contributed by atoms with van der Waals surface area (Å²) in [7, 11) is 1.83. The van der Waals surface area contributed by atoms with E-state index in [1.165, 1.54) is 12.1 Å². The molecule has 1 aromatic carbocycles. The second-order valence-electron chi connectivity index (χ2n) is 6.11. The molecule has 0 unspecified atom stereocenters. The number of fused-ring (bicyclic) bond motifs is 1. The number of imidazole rings is 1. The van der Waals surface area contributed by atoms with E-state index in [9.17, 15) is 9.18 Å². The Kier molecular flexibility index (Phi) is 5.57. The van der Waals surface area contributed by atoms with Gasteiger partial charge in [0.25, 0.3) is 5.91 Å². The normalized spacial score (nSPS) is 14.1. The van der Waals surface area contributed by atoms with Gasteiger partial charge in [0, 0.05) is 32.0 Å². The van der Waals surface area contributed by atoms with Gasteiger partial charge >= 0.3 is 0 Å². The number of hydrogen-bond donors (Lipinski definition) is 1. The first-order chi connectivity index (χ1) is 12.6. The highest BCUT2D eigenvalue weighted by molar-refractivity contribution is 6.07. The monoisotopic (exact) mass is 391 g/mol. The number of ether oxygens (including phenoxy) is 1. The summed E-state index contributed by atoms with van der Waals surface area (Å²) in [5.74, 6) is 0.0443. The Morgan fingerprint density at radius 1 is 1.26 bits per heavy atom. The van der Waals surface area contributed by atoms with Gasteiger partial charge in [0.2, 0.25) is 0 Å². The van der Waals surface area contributed by atoms with Gasteiger partial charge in [0.15, 0.2) is 5.82 Å². The maximum Gasteiger partial charge on any atom is 0.257 e. The number of halogens is 2. The third-order valence-corrected chi connectivity index (χ3v) is 4.36. The zero-order chi connectivity index (χ0) is 18.1. The lowest BCUT2D eigenvalue weighted by molar-refractivity contribution is 0.0303. The molecule has 27 heavy (non-hydrogen) atoms. The summed E-state index contributed by atoms with van der Waals surface area (Å²) < 4.78 is 20.5. The summed E-state index contributed by atoms with van der Waals surface area (Å²) in [5.41, 5.74) is 2.31. The molecule has 2 aromatic heterocycles. The zero-order valence-corrected chi connectivity index (χ0v) is 15.5. The minimum Gasteiger partial charge on any atom is -0.378 e. The zero-order valence-electron chi connectivity index (χ0n) is 14.7. The average Bonchev–Trinajstić information content (AvgIpc) is 3.05. The molecule has 1 amide bonds. The van der Waals surface area contributed by atoms with Crippen LogP contribution in [0.25, 0.3) is 11.0 Å². The van der Waals surface area contributed by atoms with Crippen LogP contribution in [0.3, 0.4) is 0 Å². The number of rotatable bonds is 3. The van der Waals surface area contributed by atoms with Gasteiger partial charge in [-0.25, -0.2) is 14.4 Å². The van der Waals surface area contributed by atoms with E-state index >= 15 is 0 Å². The molecule has 3 aromatic rings. The first-order valence-corrected chi connectivity index (χ1v) is 8.33. The van der Waals surface area contributed by atoms with Crippen LogP contribution in [0.2, 0.25) is 0 Å². The van der Waals surface area contributed by atoms with Crippen LogP contribution in [0, 0.1) is 5.82 Å². The third kappa shape index (κ3) is 3.72. The number of carbonyl (C=O) groups excluding carboxylic acids is 1. The number of carbonyl (C=O) groups is 1. The van der Waals surface area contributed by atoms with Crippen LogP contribution >= 0.6 is 12.4 Å². The van der Waals surface area contributed by atoms with Gasteiger partial charge in [-0.3, -0.25) is 4.79 Å². The number of morpholine rings is 1. The predicted octanol–water partition coefficient (Wildman–Crippen LogP) is 2.75. The van der Waals surface area contributed by atoms with E-state index in [1.54, 1.807) is 34.1 Å². The van der Waals surface area contributed by atoms with Crippen LogP contribution in [0.15, 0.2) is 36.8 Å². The SMILES string of the molecule is Cl.Cn1cnc2c(Nc3cccc(F)c3)ncc(C(=O)N3CCOCC3)c21. The molecule has 7 nitrogen and oxygen atoms in total. The van der Waals surface area contributed by atoms with E-state index < -0.39 is 0 Å². The summed E-state index contributed by atoms with van der Waals surface area (Å²) in [6.45, 7) is 2.18. The fourth-order valence-electron chi connectivity index (χ4n) is 3.06. The average molecular weight is 392 g/mol. The first kappa shape index (κ1) is 19.1. The first-order valence-electron chi connectivity index (χ1n) is 8.33. The molecule has 0 saturated carbocycles. The lowest BCUT2D eigenvalue weighted by atomic mass is 10.2. The van der Waals surface area contributed by atoms with E-state index in [-0.39, 0.29) is 24.1 Å². The van der Waals surface area contributed by atoms with Gasteiger partial charge in [-0.1, -0.05) is 6.07 Å². The number of aryl methyl sites for hydroxylation is 1. The lowest BCUT2D eigenvalue weighted by Gasteiger charge is -2.27. The van der Waals surface area contributed by atoms with Crippen molar-refractivity contribution in [2.75, 3.05) is 31.6 Å². The number of aromatic nitrogens is 3. The molecule has 0 aliphatic carbocycles. The largest absolute Gasteiger partial charge is 0.378 e. The fraction of sp³-hybridized carbons (Fsp3) is 0.278. The highest BCUT2D eigenvalue weighted by Crippen LogP contribution is 2.27. The molecule has 1 fully saturated rings. The van der Waals surface area contributed by atoms with Crippen molar-refractivity contribution < 1.29 is 13.9 Å². The topological polar surface area (TPSA) is 72.3 Å². The van der Waals surface area contributed by atoms with Crippen LogP contribution in [-0.2, 0) is 11.8 Å². The molecule has 0 bridgehead atoms. The number of nitrogens with one attached hydrogen (secondary N) is 1. The maximum absolute atomic E-state index is 13.4. The molecular weight excluding hydrogens is 373 g/mol. The molecule has 9 heteroatoms. The van der Waals surface area contributed by atoms with Crippen molar-refractivity contribution in [2.24, 2.45) is 7.05 Å². The minimum absolute atomic E-state index is 0. The van der Waals surface area contributed by atoms with E-state index in [1.807, 2.05) is 7.05 Å². The van der Waals surface area contributed by atoms with E-state index in [4.69, 9.17) is 4.74 Å². The summed E-state index contributed by atoms with van der Waals surface area (Å²) in [6.07, 6.45) is 3.18. The van der Waals surface area contributed by atoms with Crippen molar-refractivity contribution in [1.29, 1.82) is 0 Å². The number of pyridine rings is 1. The van der Waals surface area contributed by atoms with Crippen molar-refractivity contribution in [3.63, 3.8) is 0 Å². The molecule has 1 N–H and O–H groups in total. The van der Waals surface area contributed by atoms with Crippen LogP contribution < -0.4 is 5.32 Å². The standard InChI is InChI=1S/C18H18FN5O2.ClH/c1-23-11-21-15-16(23)14(18(25)24-5-7-26-8-6-24)10-20-17(15)22-13-4-2-3-12(19)9-13;/h2-4,9-11H,5-8H2,1H3,(H,20,22);1H. The molecule has 1 saturated heterocycles. The second-order valence-corrected chi connectivity index (χ2v) is 6.11. The van der Waals surface area contributed by atoms with Crippen molar-refractivity contribution >= 4 is 40.9 Å².